The predicted molar refractivity (Wildman–Crippen MR) is 69.7 cm³/mol. The van der Waals surface area contributed by atoms with Crippen LogP contribution >= 0.6 is 0 Å². The Hall–Kier alpha value is -0.933. The van der Waals surface area contributed by atoms with Gasteiger partial charge in [-0.2, -0.15) is 0 Å². The Balaban J connectivity index is 0.000000281. The van der Waals surface area contributed by atoms with E-state index in [-0.39, 0.29) is 0 Å². The Kier molecular flexibility index (Phi) is 7.76. The summed E-state index contributed by atoms with van der Waals surface area (Å²) in [6.45, 7) is 6.06. The lowest BCUT2D eigenvalue weighted by Gasteiger charge is -2.14. The fraction of sp³-hybridized carbons (Fsp3) is 0.462. The van der Waals surface area contributed by atoms with Gasteiger partial charge in [0.25, 0.3) is 0 Å². The van der Waals surface area contributed by atoms with E-state index in [4.69, 9.17) is 0 Å². The molecule has 16 heavy (non-hydrogen) atoms. The van der Waals surface area contributed by atoms with Crippen LogP contribution in [-0.4, -0.2) is 14.6 Å². The molecule has 0 spiro atoms. The summed E-state index contributed by atoms with van der Waals surface area (Å²) in [6.07, 6.45) is 0.833. The van der Waals surface area contributed by atoms with Crippen LogP contribution in [0.1, 0.15) is 31.1 Å². The maximum atomic E-state index is 11.3. The summed E-state index contributed by atoms with van der Waals surface area (Å²) in [5.41, 5.74) is 0.729. The van der Waals surface area contributed by atoms with Crippen molar-refractivity contribution < 1.29 is 9.59 Å². The molecule has 0 aromatic heterocycles. The largest absolute Gasteiger partial charge is 0.298 e. The van der Waals surface area contributed by atoms with Gasteiger partial charge in [0.2, 0.25) is 8.32 Å². The lowest BCUT2D eigenvalue weighted by atomic mass is 10.2. The fourth-order valence-corrected chi connectivity index (χ4v) is 2.78. The van der Waals surface area contributed by atoms with Gasteiger partial charge in [0.15, 0.2) is 0 Å². The first-order chi connectivity index (χ1) is 7.61. The first-order valence-corrected chi connectivity index (χ1v) is 8.35. The summed E-state index contributed by atoms with van der Waals surface area (Å²) in [7, 11) is -1.92. The van der Waals surface area contributed by atoms with Gasteiger partial charge < -0.3 is 0 Å². The van der Waals surface area contributed by atoms with E-state index >= 15 is 0 Å². The van der Waals surface area contributed by atoms with Gasteiger partial charge in [0, 0.05) is 5.56 Å². The van der Waals surface area contributed by atoms with Gasteiger partial charge in [-0.25, -0.2) is 0 Å². The number of benzene rings is 1. The Morgan fingerprint density at radius 2 is 1.44 bits per heavy atom. The molecular formula is C13H21O2Si. The van der Waals surface area contributed by atoms with Crippen LogP contribution in [0, 0.1) is 0 Å². The highest BCUT2D eigenvalue weighted by Gasteiger charge is 2.25. The summed E-state index contributed by atoms with van der Waals surface area (Å²) in [6, 6.07) is 11.8. The molecule has 3 heteroatoms. The molecule has 1 radical (unpaired) electrons. The first kappa shape index (κ1) is 15.1. The molecule has 1 rings (SSSR count). The van der Waals surface area contributed by atoms with Crippen LogP contribution in [-0.2, 0) is 4.80 Å². The number of rotatable bonds is 4. The molecule has 0 heterocycles. The summed E-state index contributed by atoms with van der Waals surface area (Å²) in [5, 5.41) is 0. The molecule has 2 nitrogen and oxygen atoms in total. The minimum atomic E-state index is -1.92. The van der Waals surface area contributed by atoms with E-state index in [0.29, 0.717) is 0 Å². The van der Waals surface area contributed by atoms with Gasteiger partial charge in [0.05, 0.1) is 0 Å². The Morgan fingerprint density at radius 3 is 1.62 bits per heavy atom. The Labute approximate surface area is 99.5 Å². The van der Waals surface area contributed by atoms with Crippen molar-refractivity contribution in [2.75, 3.05) is 0 Å². The van der Waals surface area contributed by atoms with Crippen LogP contribution in [0.3, 0.4) is 0 Å². The molecule has 0 saturated heterocycles. The second-order valence-corrected chi connectivity index (χ2v) is 8.26. The SMILES string of the molecule is CC[Si]([O])(CC)CC.O=Cc1ccccc1. The maximum absolute atomic E-state index is 11.3. The van der Waals surface area contributed by atoms with Crippen molar-refractivity contribution in [3.63, 3.8) is 0 Å². The van der Waals surface area contributed by atoms with Crippen LogP contribution in [0.2, 0.25) is 18.1 Å². The van der Waals surface area contributed by atoms with Crippen molar-refractivity contribution >= 4 is 14.6 Å². The van der Waals surface area contributed by atoms with E-state index in [0.717, 1.165) is 30.0 Å². The third-order valence-corrected chi connectivity index (χ3v) is 6.73. The Morgan fingerprint density at radius 1 is 1.00 bits per heavy atom. The zero-order chi connectivity index (χ0) is 12.4. The molecule has 0 fully saturated rings. The van der Waals surface area contributed by atoms with E-state index in [1.807, 2.05) is 39.0 Å². The van der Waals surface area contributed by atoms with E-state index in [2.05, 4.69) is 0 Å². The number of carbonyl (C=O) groups excluding carboxylic acids is 1. The minimum Gasteiger partial charge on any atom is -0.298 e. The molecule has 0 aliphatic carbocycles. The molecule has 0 aliphatic heterocycles. The van der Waals surface area contributed by atoms with Crippen LogP contribution in [0.4, 0.5) is 0 Å². The highest BCUT2D eigenvalue weighted by molar-refractivity contribution is 6.71. The molecular weight excluding hydrogens is 216 g/mol. The van der Waals surface area contributed by atoms with Crippen molar-refractivity contribution in [3.8, 4) is 0 Å². The smallest absolute Gasteiger partial charge is 0.236 e. The van der Waals surface area contributed by atoms with Crippen molar-refractivity contribution in [2.45, 2.75) is 38.9 Å². The molecule has 89 valence electrons. The van der Waals surface area contributed by atoms with Crippen molar-refractivity contribution in [1.82, 2.24) is 0 Å². The monoisotopic (exact) mass is 237 g/mol. The molecule has 0 saturated carbocycles. The van der Waals surface area contributed by atoms with Crippen molar-refractivity contribution in [1.29, 1.82) is 0 Å². The molecule has 0 unspecified atom stereocenters. The molecule has 0 amide bonds. The van der Waals surface area contributed by atoms with E-state index < -0.39 is 8.32 Å². The van der Waals surface area contributed by atoms with Crippen LogP contribution < -0.4 is 0 Å². The quantitative estimate of drug-likeness (QED) is 0.577. The van der Waals surface area contributed by atoms with Gasteiger partial charge in [-0.15, -0.1) is 0 Å². The normalized spacial score (nSPS) is 10.2. The molecule has 0 bridgehead atoms. The molecule has 0 aliphatic rings. The molecule has 0 N–H and O–H groups in total. The lowest BCUT2D eigenvalue weighted by molar-refractivity contribution is 0.112. The van der Waals surface area contributed by atoms with Crippen LogP contribution in [0.5, 0.6) is 0 Å². The van der Waals surface area contributed by atoms with Gasteiger partial charge >= 0.3 is 0 Å². The third kappa shape index (κ3) is 5.83. The summed E-state index contributed by atoms with van der Waals surface area (Å²) in [5.74, 6) is 0. The first-order valence-electron chi connectivity index (χ1n) is 5.82. The van der Waals surface area contributed by atoms with Crippen molar-refractivity contribution in [2.24, 2.45) is 0 Å². The Bertz CT molecular complexity index is 273. The highest BCUT2D eigenvalue weighted by Crippen LogP contribution is 2.15. The zero-order valence-electron chi connectivity index (χ0n) is 10.4. The minimum absolute atomic E-state index is 0.729. The van der Waals surface area contributed by atoms with Crippen LogP contribution in [0.25, 0.3) is 0 Å². The third-order valence-electron chi connectivity index (χ3n) is 2.87. The second-order valence-electron chi connectivity index (χ2n) is 3.77. The zero-order valence-corrected chi connectivity index (χ0v) is 11.4. The standard InChI is InChI=1S/C7H6O.C6H15OSi/c8-6-7-4-2-1-3-5-7;1-4-8(7,5-2)6-3/h1-6H;4-6H2,1-3H3. The molecule has 1 aromatic carbocycles. The predicted octanol–water partition coefficient (Wildman–Crippen LogP) is 3.92. The maximum Gasteiger partial charge on any atom is 0.236 e. The van der Waals surface area contributed by atoms with Crippen LogP contribution in [0.15, 0.2) is 30.3 Å². The number of hydrogen-bond donors (Lipinski definition) is 0. The van der Waals surface area contributed by atoms with E-state index in [1.54, 1.807) is 12.1 Å². The molecule has 1 aromatic rings. The average Bonchev–Trinajstić information content (AvgIpc) is 2.39. The van der Waals surface area contributed by atoms with Gasteiger partial charge in [-0.3, -0.25) is 9.59 Å². The summed E-state index contributed by atoms with van der Waals surface area (Å²) in [4.78, 5) is 21.4. The van der Waals surface area contributed by atoms with E-state index in [1.165, 1.54) is 0 Å². The summed E-state index contributed by atoms with van der Waals surface area (Å²) < 4.78 is 0. The lowest BCUT2D eigenvalue weighted by Crippen LogP contribution is -2.28. The van der Waals surface area contributed by atoms with Crippen molar-refractivity contribution in [3.05, 3.63) is 35.9 Å². The topological polar surface area (TPSA) is 37.0 Å². The number of carbonyl (C=O) groups is 1. The number of hydrogen-bond acceptors (Lipinski definition) is 1. The van der Waals surface area contributed by atoms with Gasteiger partial charge in [-0.05, 0) is 18.1 Å². The van der Waals surface area contributed by atoms with Gasteiger partial charge in [-0.1, -0.05) is 51.1 Å². The second kappa shape index (κ2) is 8.25. The fourth-order valence-electron chi connectivity index (χ4n) is 1.28. The summed E-state index contributed by atoms with van der Waals surface area (Å²) >= 11 is 0. The van der Waals surface area contributed by atoms with Gasteiger partial charge in [0.1, 0.15) is 6.29 Å². The number of aldehydes is 1. The molecule has 0 atom stereocenters. The average molecular weight is 237 g/mol. The van der Waals surface area contributed by atoms with E-state index in [9.17, 15) is 9.59 Å². The highest BCUT2D eigenvalue weighted by atomic mass is 28.4.